The Hall–Kier alpha value is -1.89. The first-order valence-electron chi connectivity index (χ1n) is 7.62. The molecule has 1 fully saturated rings. The van der Waals surface area contributed by atoms with E-state index in [-0.39, 0.29) is 37.9 Å². The number of benzene rings is 1. The number of hydrogen-bond acceptors (Lipinski definition) is 3. The fraction of sp³-hybridized carbons (Fsp3) is 0.500. The van der Waals surface area contributed by atoms with Gasteiger partial charge in [-0.2, -0.15) is 13.2 Å². The van der Waals surface area contributed by atoms with Crippen LogP contribution in [0.15, 0.2) is 24.3 Å². The number of carbonyl (C=O) groups excluding carboxylic acids is 2. The van der Waals surface area contributed by atoms with Crippen molar-refractivity contribution in [3.63, 3.8) is 0 Å². The number of likely N-dealkylation sites (tertiary alicyclic amines) is 1. The van der Waals surface area contributed by atoms with Crippen molar-refractivity contribution < 1.29 is 22.8 Å². The molecule has 0 spiro atoms. The summed E-state index contributed by atoms with van der Waals surface area (Å²) >= 11 is 0. The first kappa shape index (κ1) is 16.0. The highest BCUT2D eigenvalue weighted by Gasteiger charge is 2.42. The highest BCUT2D eigenvalue weighted by Crippen LogP contribution is 2.33. The van der Waals surface area contributed by atoms with E-state index in [0.29, 0.717) is 24.1 Å². The van der Waals surface area contributed by atoms with E-state index in [1.54, 1.807) is 29.2 Å². The summed E-state index contributed by atoms with van der Waals surface area (Å²) in [6.45, 7) is 0.900. The van der Waals surface area contributed by atoms with Gasteiger partial charge in [-0.15, -0.1) is 0 Å². The van der Waals surface area contributed by atoms with Crippen LogP contribution < -0.4 is 0 Å². The Kier molecular flexibility index (Phi) is 4.14. The van der Waals surface area contributed by atoms with E-state index in [1.807, 2.05) is 0 Å². The Morgan fingerprint density at radius 3 is 2.22 bits per heavy atom. The minimum atomic E-state index is -4.19. The Morgan fingerprint density at radius 2 is 1.65 bits per heavy atom. The molecule has 1 unspecified atom stereocenters. The van der Waals surface area contributed by atoms with Crippen molar-refractivity contribution in [2.24, 2.45) is 5.92 Å². The van der Waals surface area contributed by atoms with E-state index in [0.717, 1.165) is 4.90 Å². The minimum absolute atomic E-state index is 0.0628. The maximum atomic E-state index is 12.8. The molecule has 1 atom stereocenters. The third kappa shape index (κ3) is 3.10. The minimum Gasteiger partial charge on any atom is -0.301 e. The number of nitrogens with zero attached hydrogens (tertiary/aromatic N) is 2. The van der Waals surface area contributed by atoms with Gasteiger partial charge in [-0.1, -0.05) is 12.1 Å². The third-order valence-electron chi connectivity index (χ3n) is 4.49. The second-order valence-corrected chi connectivity index (χ2v) is 5.99. The molecule has 0 bridgehead atoms. The van der Waals surface area contributed by atoms with Crippen LogP contribution in [0.2, 0.25) is 0 Å². The second kappa shape index (κ2) is 5.96. The van der Waals surface area contributed by atoms with E-state index < -0.39 is 12.1 Å². The summed E-state index contributed by atoms with van der Waals surface area (Å²) in [6, 6.07) is 6.56. The summed E-state index contributed by atoms with van der Waals surface area (Å²) in [5.74, 6) is -2.05. The maximum Gasteiger partial charge on any atom is 0.393 e. The lowest BCUT2D eigenvalue weighted by atomic mass is 9.97. The molecule has 23 heavy (non-hydrogen) atoms. The summed E-state index contributed by atoms with van der Waals surface area (Å²) in [5, 5.41) is 0. The van der Waals surface area contributed by atoms with Gasteiger partial charge in [0.05, 0.1) is 17.0 Å². The Bertz CT molecular complexity index is 595. The fourth-order valence-electron chi connectivity index (χ4n) is 3.21. The van der Waals surface area contributed by atoms with E-state index in [9.17, 15) is 22.8 Å². The van der Waals surface area contributed by atoms with Crippen LogP contribution >= 0.6 is 0 Å². The average molecular weight is 326 g/mol. The number of imide groups is 1. The van der Waals surface area contributed by atoms with Crippen LogP contribution in [0.5, 0.6) is 0 Å². The zero-order valence-corrected chi connectivity index (χ0v) is 12.5. The van der Waals surface area contributed by atoms with Gasteiger partial charge in [-0.25, -0.2) is 0 Å². The predicted molar refractivity (Wildman–Crippen MR) is 77.0 cm³/mol. The first-order valence-corrected chi connectivity index (χ1v) is 7.62. The summed E-state index contributed by atoms with van der Waals surface area (Å²) in [7, 11) is 0. The molecule has 1 saturated heterocycles. The SMILES string of the molecule is O=C1c2ccccc2C(=O)N1CCN1CCCC(C(F)(F)F)C1. The zero-order chi connectivity index (χ0) is 16.6. The van der Waals surface area contributed by atoms with Crippen LogP contribution in [0.3, 0.4) is 0 Å². The number of piperidine rings is 1. The topological polar surface area (TPSA) is 40.6 Å². The third-order valence-corrected chi connectivity index (χ3v) is 4.49. The predicted octanol–water partition coefficient (Wildman–Crippen LogP) is 2.56. The molecule has 124 valence electrons. The molecule has 0 aliphatic carbocycles. The zero-order valence-electron chi connectivity index (χ0n) is 12.5. The van der Waals surface area contributed by atoms with Crippen LogP contribution in [0.1, 0.15) is 33.6 Å². The monoisotopic (exact) mass is 326 g/mol. The quantitative estimate of drug-likeness (QED) is 0.802. The van der Waals surface area contributed by atoms with Crippen molar-refractivity contribution in [3.05, 3.63) is 35.4 Å². The molecule has 1 aromatic rings. The lowest BCUT2D eigenvalue weighted by molar-refractivity contribution is -0.186. The number of amides is 2. The van der Waals surface area contributed by atoms with Crippen LogP contribution in [0.25, 0.3) is 0 Å². The number of rotatable bonds is 3. The molecule has 3 rings (SSSR count). The number of fused-ring (bicyclic) bond motifs is 1. The van der Waals surface area contributed by atoms with E-state index >= 15 is 0 Å². The molecule has 2 aliphatic heterocycles. The summed E-state index contributed by atoms with van der Waals surface area (Å²) < 4.78 is 38.4. The van der Waals surface area contributed by atoms with Gasteiger partial charge in [0, 0.05) is 19.6 Å². The highest BCUT2D eigenvalue weighted by molar-refractivity contribution is 6.21. The summed E-state index contributed by atoms with van der Waals surface area (Å²) in [6.07, 6.45) is -3.56. The van der Waals surface area contributed by atoms with Crippen LogP contribution in [0.4, 0.5) is 13.2 Å². The smallest absolute Gasteiger partial charge is 0.301 e. The molecule has 1 aromatic carbocycles. The molecule has 2 aliphatic rings. The van der Waals surface area contributed by atoms with Crippen molar-refractivity contribution in [1.82, 2.24) is 9.80 Å². The molecule has 0 radical (unpaired) electrons. The highest BCUT2D eigenvalue weighted by atomic mass is 19.4. The van der Waals surface area contributed by atoms with Gasteiger partial charge in [0.25, 0.3) is 11.8 Å². The van der Waals surface area contributed by atoms with Gasteiger partial charge in [0.2, 0.25) is 0 Å². The lowest BCUT2D eigenvalue weighted by Crippen LogP contribution is -2.45. The second-order valence-electron chi connectivity index (χ2n) is 5.99. The molecule has 2 heterocycles. The first-order chi connectivity index (χ1) is 10.9. The van der Waals surface area contributed by atoms with Gasteiger partial charge in [-0.3, -0.25) is 14.5 Å². The summed E-state index contributed by atoms with van der Waals surface area (Å²) in [5.41, 5.74) is 0.730. The fourth-order valence-corrected chi connectivity index (χ4v) is 3.21. The van der Waals surface area contributed by atoms with Crippen molar-refractivity contribution in [1.29, 1.82) is 0 Å². The van der Waals surface area contributed by atoms with Crippen LogP contribution in [-0.4, -0.2) is 54.0 Å². The normalized spacial score (nSPS) is 22.6. The maximum absolute atomic E-state index is 12.8. The van der Waals surface area contributed by atoms with E-state index in [2.05, 4.69) is 0 Å². The van der Waals surface area contributed by atoms with Gasteiger partial charge in [-0.05, 0) is 31.5 Å². The van der Waals surface area contributed by atoms with E-state index in [4.69, 9.17) is 0 Å². The number of alkyl halides is 3. The van der Waals surface area contributed by atoms with Crippen molar-refractivity contribution in [3.8, 4) is 0 Å². The number of hydrogen-bond donors (Lipinski definition) is 0. The molecule has 7 heteroatoms. The van der Waals surface area contributed by atoms with Crippen LogP contribution in [-0.2, 0) is 0 Å². The molecular weight excluding hydrogens is 309 g/mol. The van der Waals surface area contributed by atoms with Gasteiger partial charge in [0.15, 0.2) is 0 Å². The molecule has 0 saturated carbocycles. The lowest BCUT2D eigenvalue weighted by Gasteiger charge is -2.34. The number of halogens is 3. The Labute approximate surface area is 131 Å². The summed E-state index contributed by atoms with van der Waals surface area (Å²) in [4.78, 5) is 27.2. The van der Waals surface area contributed by atoms with Crippen LogP contribution in [0, 0.1) is 5.92 Å². The Balaban J connectivity index is 1.61. The van der Waals surface area contributed by atoms with Crippen molar-refractivity contribution in [2.45, 2.75) is 19.0 Å². The number of carbonyl (C=O) groups is 2. The molecule has 0 N–H and O–H groups in total. The van der Waals surface area contributed by atoms with Gasteiger partial charge >= 0.3 is 6.18 Å². The Morgan fingerprint density at radius 1 is 1.04 bits per heavy atom. The molecule has 4 nitrogen and oxygen atoms in total. The standard InChI is InChI=1S/C16H17F3N2O2/c17-16(18,19)11-4-3-7-20(10-11)8-9-21-14(22)12-5-1-2-6-13(12)15(21)23/h1-2,5-6,11H,3-4,7-10H2. The van der Waals surface area contributed by atoms with Gasteiger partial charge in [0.1, 0.15) is 0 Å². The van der Waals surface area contributed by atoms with Crippen molar-refractivity contribution in [2.75, 3.05) is 26.2 Å². The largest absolute Gasteiger partial charge is 0.393 e. The average Bonchev–Trinajstić information content (AvgIpc) is 2.77. The van der Waals surface area contributed by atoms with Gasteiger partial charge < -0.3 is 4.90 Å². The van der Waals surface area contributed by atoms with Crippen molar-refractivity contribution >= 4 is 11.8 Å². The van der Waals surface area contributed by atoms with E-state index in [1.165, 1.54) is 0 Å². The molecule has 2 amide bonds. The molecule has 0 aromatic heterocycles. The molecular formula is C16H17F3N2O2.